The molecule has 2 aromatic rings. The molecule has 0 saturated carbocycles. The van der Waals surface area contributed by atoms with E-state index in [2.05, 4.69) is 36.5 Å². The van der Waals surface area contributed by atoms with Crippen LogP contribution in [-0.4, -0.2) is 29.3 Å². The van der Waals surface area contributed by atoms with Crippen LogP contribution in [0, 0.1) is 5.82 Å². The molecular weight excluding hydrogens is 379 g/mol. The van der Waals surface area contributed by atoms with Crippen molar-refractivity contribution in [2.24, 2.45) is 0 Å². The van der Waals surface area contributed by atoms with Crippen LogP contribution in [0.25, 0.3) is 17.5 Å². The third kappa shape index (κ3) is 8.46. The van der Waals surface area contributed by atoms with Gasteiger partial charge in [0.05, 0.1) is 11.7 Å². The van der Waals surface area contributed by atoms with E-state index < -0.39 is 5.82 Å². The first-order valence-corrected chi connectivity index (χ1v) is 10.8. The average Bonchev–Trinajstić information content (AvgIpc) is 2.76. The lowest BCUT2D eigenvalue weighted by atomic mass is 10.1. The Morgan fingerprint density at radius 2 is 1.97 bits per heavy atom. The molecule has 0 spiro atoms. The number of nitrogens with zero attached hydrogens (tertiary/aromatic N) is 2. The number of allylic oxidation sites excluding steroid dienone is 1. The summed E-state index contributed by atoms with van der Waals surface area (Å²) in [7, 11) is 0. The molecule has 0 amide bonds. The van der Waals surface area contributed by atoms with Gasteiger partial charge in [0, 0.05) is 30.6 Å². The summed E-state index contributed by atoms with van der Waals surface area (Å²) in [4.78, 5) is 8.60. The Bertz CT molecular complexity index is 790. The van der Waals surface area contributed by atoms with Gasteiger partial charge in [-0.15, -0.1) is 0 Å². The number of unbranched alkanes of at least 4 members (excludes halogenated alkanes) is 3. The van der Waals surface area contributed by atoms with Crippen LogP contribution in [0.5, 0.6) is 5.75 Å². The number of benzene rings is 1. The van der Waals surface area contributed by atoms with Gasteiger partial charge in [-0.25, -0.2) is 14.4 Å². The second kappa shape index (κ2) is 13.6. The van der Waals surface area contributed by atoms with Crippen molar-refractivity contribution in [2.45, 2.75) is 58.5 Å². The Hall–Kier alpha value is -2.53. The van der Waals surface area contributed by atoms with E-state index in [9.17, 15) is 4.39 Å². The molecule has 0 saturated heterocycles. The van der Waals surface area contributed by atoms with Crippen molar-refractivity contribution in [3.8, 4) is 17.1 Å². The van der Waals surface area contributed by atoms with E-state index in [-0.39, 0.29) is 0 Å². The molecule has 0 N–H and O–H groups in total. The highest BCUT2D eigenvalue weighted by atomic mass is 19.1. The molecule has 0 bridgehead atoms. The van der Waals surface area contributed by atoms with Gasteiger partial charge in [-0.3, -0.25) is 0 Å². The Labute approximate surface area is 179 Å². The third-order valence-electron chi connectivity index (χ3n) is 4.66. The minimum absolute atomic E-state index is 0.307. The second-order valence-electron chi connectivity index (χ2n) is 7.30. The van der Waals surface area contributed by atoms with Crippen LogP contribution >= 0.6 is 0 Å². The van der Waals surface area contributed by atoms with Gasteiger partial charge in [0.1, 0.15) is 18.2 Å². The zero-order chi connectivity index (χ0) is 21.6. The zero-order valence-electron chi connectivity index (χ0n) is 18.1. The second-order valence-corrected chi connectivity index (χ2v) is 7.30. The van der Waals surface area contributed by atoms with Gasteiger partial charge >= 0.3 is 0 Å². The molecule has 5 heteroatoms. The summed E-state index contributed by atoms with van der Waals surface area (Å²) in [5, 5.41) is 0. The summed E-state index contributed by atoms with van der Waals surface area (Å²) in [6, 6.07) is 4.67. The van der Waals surface area contributed by atoms with Crippen LogP contribution in [0.15, 0.2) is 49.3 Å². The van der Waals surface area contributed by atoms with Gasteiger partial charge in [-0.05, 0) is 44.7 Å². The lowest BCUT2D eigenvalue weighted by Gasteiger charge is -2.11. The number of halogens is 1. The van der Waals surface area contributed by atoms with Crippen molar-refractivity contribution in [3.63, 3.8) is 0 Å². The Morgan fingerprint density at radius 3 is 2.67 bits per heavy atom. The monoisotopic (exact) mass is 412 g/mol. The molecule has 1 aromatic heterocycles. The van der Waals surface area contributed by atoms with Gasteiger partial charge in [0.2, 0.25) is 0 Å². The largest absolute Gasteiger partial charge is 0.489 e. The number of ether oxygens (including phenoxy) is 2. The molecule has 0 radical (unpaired) electrons. The molecule has 1 heterocycles. The van der Waals surface area contributed by atoms with E-state index in [1.54, 1.807) is 30.6 Å². The van der Waals surface area contributed by atoms with E-state index >= 15 is 0 Å². The van der Waals surface area contributed by atoms with E-state index in [0.717, 1.165) is 37.9 Å². The number of rotatable bonds is 14. The van der Waals surface area contributed by atoms with Crippen molar-refractivity contribution in [2.75, 3.05) is 13.2 Å². The minimum atomic E-state index is -0.411. The van der Waals surface area contributed by atoms with Crippen molar-refractivity contribution in [1.29, 1.82) is 0 Å². The number of hydrogen-bond donors (Lipinski definition) is 0. The predicted molar refractivity (Wildman–Crippen MR) is 121 cm³/mol. The lowest BCUT2D eigenvalue weighted by Crippen LogP contribution is -2.08. The molecule has 1 unspecified atom stereocenters. The molecule has 0 fully saturated rings. The van der Waals surface area contributed by atoms with E-state index in [1.807, 2.05) is 6.08 Å². The normalized spacial score (nSPS) is 12.2. The third-order valence-corrected chi connectivity index (χ3v) is 4.66. The average molecular weight is 413 g/mol. The van der Waals surface area contributed by atoms with Gasteiger partial charge in [0.25, 0.3) is 0 Å². The quantitative estimate of drug-likeness (QED) is 0.258. The predicted octanol–water partition coefficient (Wildman–Crippen LogP) is 6.63. The highest BCUT2D eigenvalue weighted by Crippen LogP contribution is 2.23. The van der Waals surface area contributed by atoms with Crippen molar-refractivity contribution >= 4 is 6.08 Å². The molecular formula is C25H33FN2O2. The van der Waals surface area contributed by atoms with Crippen LogP contribution in [-0.2, 0) is 4.74 Å². The maximum absolute atomic E-state index is 14.3. The van der Waals surface area contributed by atoms with E-state index in [1.165, 1.54) is 18.9 Å². The maximum atomic E-state index is 14.3. The van der Waals surface area contributed by atoms with E-state index in [0.29, 0.717) is 29.8 Å². The van der Waals surface area contributed by atoms with Crippen LogP contribution < -0.4 is 4.74 Å². The molecule has 0 aliphatic heterocycles. The first-order chi connectivity index (χ1) is 14.6. The van der Waals surface area contributed by atoms with Gasteiger partial charge in [-0.1, -0.05) is 44.6 Å². The molecule has 0 aliphatic rings. The highest BCUT2D eigenvalue weighted by molar-refractivity contribution is 5.58. The molecule has 0 aliphatic carbocycles. The topological polar surface area (TPSA) is 44.2 Å². The maximum Gasteiger partial charge on any atom is 0.162 e. The van der Waals surface area contributed by atoms with Crippen molar-refractivity contribution in [3.05, 3.63) is 60.7 Å². The van der Waals surface area contributed by atoms with Crippen LogP contribution in [0.1, 0.15) is 57.9 Å². The molecule has 4 nitrogen and oxygen atoms in total. The fourth-order valence-electron chi connectivity index (χ4n) is 2.95. The zero-order valence-corrected chi connectivity index (χ0v) is 18.1. The lowest BCUT2D eigenvalue weighted by molar-refractivity contribution is 0.0566. The van der Waals surface area contributed by atoms with E-state index in [4.69, 9.17) is 9.47 Å². The Kier molecular flexibility index (Phi) is 10.8. The molecule has 30 heavy (non-hydrogen) atoms. The Balaban J connectivity index is 1.78. The fourth-order valence-corrected chi connectivity index (χ4v) is 2.95. The summed E-state index contributed by atoms with van der Waals surface area (Å²) in [6.45, 7) is 9.11. The Morgan fingerprint density at radius 1 is 1.17 bits per heavy atom. The van der Waals surface area contributed by atoms with Gasteiger partial charge < -0.3 is 9.47 Å². The van der Waals surface area contributed by atoms with Gasteiger partial charge in [0.15, 0.2) is 5.82 Å². The summed E-state index contributed by atoms with van der Waals surface area (Å²) < 4.78 is 25.5. The first-order valence-electron chi connectivity index (χ1n) is 10.8. The summed E-state index contributed by atoms with van der Waals surface area (Å²) in [5.41, 5.74) is 1.25. The number of aromatic nitrogens is 2. The molecule has 1 atom stereocenters. The van der Waals surface area contributed by atoms with Crippen LogP contribution in [0.2, 0.25) is 0 Å². The fraction of sp³-hybridized carbons (Fsp3) is 0.440. The number of hydrogen-bond acceptors (Lipinski definition) is 4. The first kappa shape index (κ1) is 23.7. The SMILES string of the molecule is C=CCOc1ccc(-c2ncc(/C=C/CCCC(C)OCCCCC)cn2)c(F)c1. The molecule has 162 valence electrons. The molecule has 2 rings (SSSR count). The summed E-state index contributed by atoms with van der Waals surface area (Å²) in [5.74, 6) is 0.399. The van der Waals surface area contributed by atoms with Crippen LogP contribution in [0.4, 0.5) is 4.39 Å². The summed E-state index contributed by atoms with van der Waals surface area (Å²) in [6.07, 6.45) is 16.2. The molecule has 1 aromatic carbocycles. The highest BCUT2D eigenvalue weighted by Gasteiger charge is 2.09. The standard InChI is InChI=1S/C25H33FN2O2/c1-4-6-10-16-29-20(3)11-8-7-9-12-21-18-27-25(28-19-21)23-14-13-22(17-24(23)26)30-15-5-2/h5,9,12-14,17-20H,2,4,6-8,10-11,15-16H2,1,3H3/b12-9+. The minimum Gasteiger partial charge on any atom is -0.489 e. The summed E-state index contributed by atoms with van der Waals surface area (Å²) >= 11 is 0. The van der Waals surface area contributed by atoms with Gasteiger partial charge in [-0.2, -0.15) is 0 Å². The van der Waals surface area contributed by atoms with Crippen molar-refractivity contribution < 1.29 is 13.9 Å². The smallest absolute Gasteiger partial charge is 0.162 e. The van der Waals surface area contributed by atoms with Crippen LogP contribution in [0.3, 0.4) is 0 Å². The van der Waals surface area contributed by atoms with Crippen molar-refractivity contribution in [1.82, 2.24) is 9.97 Å².